The van der Waals surface area contributed by atoms with Crippen LogP contribution in [0.4, 0.5) is 0 Å². The molecular formula is C15H21NO3. The monoisotopic (exact) mass is 263 g/mol. The van der Waals surface area contributed by atoms with Crippen molar-refractivity contribution in [3.63, 3.8) is 0 Å². The van der Waals surface area contributed by atoms with E-state index in [4.69, 9.17) is 5.11 Å². The third-order valence-electron chi connectivity index (χ3n) is 3.81. The first-order chi connectivity index (χ1) is 9.20. The fraction of sp³-hybridized carbons (Fsp3) is 0.533. The number of aliphatic hydroxyl groups excluding tert-OH is 2. The molecule has 4 nitrogen and oxygen atoms in total. The third-order valence-corrected chi connectivity index (χ3v) is 3.81. The van der Waals surface area contributed by atoms with E-state index in [-0.39, 0.29) is 18.6 Å². The van der Waals surface area contributed by atoms with E-state index in [1.54, 1.807) is 24.3 Å². The van der Waals surface area contributed by atoms with Crippen LogP contribution in [0.1, 0.15) is 37.4 Å². The molecule has 1 aromatic carbocycles. The third kappa shape index (κ3) is 3.78. The largest absolute Gasteiger partial charge is 0.396 e. The molecule has 1 atom stereocenters. The minimum absolute atomic E-state index is 0.119. The van der Waals surface area contributed by atoms with Gasteiger partial charge in [-0.15, -0.1) is 0 Å². The molecule has 3 N–H and O–H groups in total. The van der Waals surface area contributed by atoms with Crippen molar-refractivity contribution in [3.05, 3.63) is 35.9 Å². The summed E-state index contributed by atoms with van der Waals surface area (Å²) in [6.07, 6.45) is 2.51. The molecule has 1 amide bonds. The topological polar surface area (TPSA) is 69.6 Å². The van der Waals surface area contributed by atoms with Crippen LogP contribution in [-0.4, -0.2) is 28.8 Å². The molecule has 4 heteroatoms. The molecule has 0 radical (unpaired) electrons. The molecule has 0 heterocycles. The van der Waals surface area contributed by atoms with Crippen molar-refractivity contribution in [1.29, 1.82) is 0 Å². The summed E-state index contributed by atoms with van der Waals surface area (Å²) in [5.41, 5.74) is 0.615. The fourth-order valence-corrected chi connectivity index (χ4v) is 2.56. The molecule has 2 rings (SSSR count). The number of benzene rings is 1. The first-order valence-electron chi connectivity index (χ1n) is 6.85. The molecule has 0 spiro atoms. The van der Waals surface area contributed by atoms with Gasteiger partial charge in [0, 0.05) is 12.6 Å². The average molecular weight is 263 g/mol. The summed E-state index contributed by atoms with van der Waals surface area (Å²) in [5.74, 6) is 0.0332. The van der Waals surface area contributed by atoms with Gasteiger partial charge < -0.3 is 15.5 Å². The smallest absolute Gasteiger partial charge is 0.253 e. The normalized spacial score (nSPS) is 24.7. The van der Waals surface area contributed by atoms with E-state index in [9.17, 15) is 9.90 Å². The minimum atomic E-state index is -1.10. The van der Waals surface area contributed by atoms with Crippen molar-refractivity contribution < 1.29 is 15.0 Å². The van der Waals surface area contributed by atoms with E-state index in [1.807, 2.05) is 6.07 Å². The lowest BCUT2D eigenvalue weighted by Crippen LogP contribution is -2.40. The molecule has 104 valence electrons. The van der Waals surface area contributed by atoms with E-state index >= 15 is 0 Å². The minimum Gasteiger partial charge on any atom is -0.396 e. The molecule has 19 heavy (non-hydrogen) atoms. The van der Waals surface area contributed by atoms with Crippen LogP contribution in [0, 0.1) is 5.92 Å². The van der Waals surface area contributed by atoms with Crippen molar-refractivity contribution in [1.82, 2.24) is 5.32 Å². The maximum absolute atomic E-state index is 12.0. The molecule has 0 aliphatic heterocycles. The molecule has 0 saturated heterocycles. The Bertz CT molecular complexity index is 399. The number of rotatable bonds is 4. The Hall–Kier alpha value is -1.39. The van der Waals surface area contributed by atoms with Crippen LogP contribution in [0.25, 0.3) is 0 Å². The van der Waals surface area contributed by atoms with Gasteiger partial charge in [-0.05, 0) is 37.2 Å². The van der Waals surface area contributed by atoms with Crippen molar-refractivity contribution in [3.8, 4) is 0 Å². The lowest BCUT2D eigenvalue weighted by atomic mass is 9.86. The van der Waals surface area contributed by atoms with Crippen LogP contribution in [0.5, 0.6) is 0 Å². The molecule has 1 fully saturated rings. The van der Waals surface area contributed by atoms with Gasteiger partial charge in [0.1, 0.15) is 0 Å². The van der Waals surface area contributed by atoms with E-state index < -0.39 is 6.10 Å². The Morgan fingerprint density at radius 2 is 1.84 bits per heavy atom. The predicted molar refractivity (Wildman–Crippen MR) is 72.4 cm³/mol. The highest BCUT2D eigenvalue weighted by atomic mass is 16.3. The highest BCUT2D eigenvalue weighted by Gasteiger charge is 2.24. The van der Waals surface area contributed by atoms with Gasteiger partial charge in [-0.1, -0.05) is 30.3 Å². The lowest BCUT2D eigenvalue weighted by Gasteiger charge is -2.28. The van der Waals surface area contributed by atoms with E-state index in [2.05, 4.69) is 5.32 Å². The molecule has 1 aliphatic rings. The summed E-state index contributed by atoms with van der Waals surface area (Å²) in [6.45, 7) is 0.229. The van der Waals surface area contributed by atoms with Crippen molar-refractivity contribution in [2.24, 2.45) is 5.92 Å². The van der Waals surface area contributed by atoms with E-state index in [1.165, 1.54) is 0 Å². The molecule has 1 unspecified atom stereocenters. The zero-order valence-corrected chi connectivity index (χ0v) is 11.0. The molecule has 1 saturated carbocycles. The summed E-state index contributed by atoms with van der Waals surface area (Å²) in [6, 6.07) is 9.06. The van der Waals surface area contributed by atoms with Crippen LogP contribution in [0.15, 0.2) is 30.3 Å². The second-order valence-corrected chi connectivity index (χ2v) is 5.22. The van der Waals surface area contributed by atoms with Gasteiger partial charge >= 0.3 is 0 Å². The number of hydrogen-bond acceptors (Lipinski definition) is 3. The first kappa shape index (κ1) is 14.0. The Morgan fingerprint density at radius 1 is 1.21 bits per heavy atom. The number of carbonyl (C=O) groups excluding carboxylic acids is 1. The number of aliphatic hydroxyl groups is 2. The van der Waals surface area contributed by atoms with Gasteiger partial charge in [0.2, 0.25) is 0 Å². The Morgan fingerprint density at radius 3 is 2.42 bits per heavy atom. The first-order valence-corrected chi connectivity index (χ1v) is 6.85. The molecule has 1 aromatic rings. The van der Waals surface area contributed by atoms with Gasteiger partial charge in [-0.25, -0.2) is 0 Å². The Kier molecular flexibility index (Phi) is 4.93. The summed E-state index contributed by atoms with van der Waals surface area (Å²) in [7, 11) is 0. The summed E-state index contributed by atoms with van der Waals surface area (Å²) in [5, 5.41) is 21.9. The number of hydrogen-bond donors (Lipinski definition) is 3. The summed E-state index contributed by atoms with van der Waals surface area (Å²) in [4.78, 5) is 12.0. The van der Waals surface area contributed by atoms with E-state index in [0.717, 1.165) is 25.7 Å². The second kappa shape index (κ2) is 6.68. The molecule has 0 aromatic heterocycles. The summed E-state index contributed by atoms with van der Waals surface area (Å²) >= 11 is 0. The number of nitrogens with one attached hydrogen (secondary N) is 1. The van der Waals surface area contributed by atoms with Crippen LogP contribution in [0.2, 0.25) is 0 Å². The maximum Gasteiger partial charge on any atom is 0.253 e. The van der Waals surface area contributed by atoms with Crippen LogP contribution < -0.4 is 5.32 Å². The maximum atomic E-state index is 12.0. The zero-order valence-electron chi connectivity index (χ0n) is 11.0. The summed E-state index contributed by atoms with van der Waals surface area (Å²) < 4.78 is 0. The van der Waals surface area contributed by atoms with Crippen molar-refractivity contribution in [2.75, 3.05) is 6.61 Å². The molecule has 1 aliphatic carbocycles. The van der Waals surface area contributed by atoms with Crippen LogP contribution >= 0.6 is 0 Å². The Labute approximate surface area is 113 Å². The van der Waals surface area contributed by atoms with Gasteiger partial charge in [-0.3, -0.25) is 4.79 Å². The lowest BCUT2D eigenvalue weighted by molar-refractivity contribution is -0.130. The number of amides is 1. The standard InChI is InChI=1S/C15H21NO3/c17-10-11-6-8-13(9-7-11)16-15(19)14(18)12-4-2-1-3-5-12/h1-5,11,13-14,17-18H,6-10H2,(H,16,19). The van der Waals surface area contributed by atoms with Gasteiger partial charge in [0.15, 0.2) is 6.10 Å². The van der Waals surface area contributed by atoms with Crippen LogP contribution in [-0.2, 0) is 4.79 Å². The number of carbonyl (C=O) groups is 1. The zero-order chi connectivity index (χ0) is 13.7. The second-order valence-electron chi connectivity index (χ2n) is 5.22. The quantitative estimate of drug-likeness (QED) is 0.769. The molecular weight excluding hydrogens is 242 g/mol. The highest BCUT2D eigenvalue weighted by Crippen LogP contribution is 2.24. The van der Waals surface area contributed by atoms with Gasteiger partial charge in [-0.2, -0.15) is 0 Å². The van der Waals surface area contributed by atoms with Crippen molar-refractivity contribution >= 4 is 5.91 Å². The van der Waals surface area contributed by atoms with E-state index in [0.29, 0.717) is 11.5 Å². The molecule has 0 bridgehead atoms. The fourth-order valence-electron chi connectivity index (χ4n) is 2.56. The SMILES string of the molecule is O=C(NC1CCC(CO)CC1)C(O)c1ccccc1. The van der Waals surface area contributed by atoms with Crippen LogP contribution in [0.3, 0.4) is 0 Å². The van der Waals surface area contributed by atoms with Crippen molar-refractivity contribution in [2.45, 2.75) is 37.8 Å². The average Bonchev–Trinajstić information content (AvgIpc) is 2.48. The highest BCUT2D eigenvalue weighted by molar-refractivity contribution is 5.82. The predicted octanol–water partition coefficient (Wildman–Crippen LogP) is 1.39. The van der Waals surface area contributed by atoms with Gasteiger partial charge in [0.25, 0.3) is 5.91 Å². The Balaban J connectivity index is 1.85. The van der Waals surface area contributed by atoms with Gasteiger partial charge in [0.05, 0.1) is 0 Å².